The van der Waals surface area contributed by atoms with Crippen LogP contribution in [0.5, 0.6) is 11.6 Å². The molecule has 31 heavy (non-hydrogen) atoms. The van der Waals surface area contributed by atoms with Crippen molar-refractivity contribution >= 4 is 22.9 Å². The van der Waals surface area contributed by atoms with Gasteiger partial charge in [-0.3, -0.25) is 9.69 Å². The van der Waals surface area contributed by atoms with Crippen LogP contribution < -0.4 is 10.3 Å². The number of pyridine rings is 1. The molecular weight excluding hydrogens is 432 g/mol. The minimum absolute atomic E-state index is 0.0677. The predicted octanol–water partition coefficient (Wildman–Crippen LogP) is 4.90. The van der Waals surface area contributed by atoms with Gasteiger partial charge in [-0.1, -0.05) is 23.7 Å². The monoisotopic (exact) mass is 450 g/mol. The minimum atomic E-state index is -0.0677. The van der Waals surface area contributed by atoms with Crippen molar-refractivity contribution in [2.75, 3.05) is 6.54 Å². The molecule has 0 aliphatic carbocycles. The Morgan fingerprint density at radius 2 is 2.03 bits per heavy atom. The molecule has 1 aromatic carbocycles. The molecule has 156 valence electrons. The van der Waals surface area contributed by atoms with Crippen molar-refractivity contribution < 1.29 is 4.74 Å². The molecule has 1 aliphatic heterocycles. The fraction of sp³-hybridized carbons (Fsp3) is 0.174. The second-order valence-electron chi connectivity index (χ2n) is 7.30. The van der Waals surface area contributed by atoms with E-state index in [9.17, 15) is 4.79 Å². The normalized spacial score (nSPS) is 13.7. The maximum atomic E-state index is 12.7. The van der Waals surface area contributed by atoms with E-state index >= 15 is 0 Å². The van der Waals surface area contributed by atoms with Gasteiger partial charge in [-0.25, -0.2) is 9.97 Å². The fourth-order valence-corrected chi connectivity index (χ4v) is 4.43. The first kappa shape index (κ1) is 19.9. The Bertz CT molecular complexity index is 1260. The van der Waals surface area contributed by atoms with E-state index in [4.69, 9.17) is 21.3 Å². The van der Waals surface area contributed by atoms with Crippen LogP contribution in [-0.4, -0.2) is 26.4 Å². The van der Waals surface area contributed by atoms with Crippen LogP contribution in [0.25, 0.3) is 10.7 Å². The van der Waals surface area contributed by atoms with Gasteiger partial charge in [0.2, 0.25) is 5.88 Å². The molecule has 1 aliphatic rings. The first-order valence-corrected chi connectivity index (χ1v) is 11.2. The van der Waals surface area contributed by atoms with E-state index in [0.717, 1.165) is 34.7 Å². The Hall–Kier alpha value is -3.00. The van der Waals surface area contributed by atoms with Gasteiger partial charge in [0.05, 0.1) is 16.1 Å². The topological polar surface area (TPSA) is 71.1 Å². The molecular formula is C23H19ClN4O2S. The second kappa shape index (κ2) is 8.63. The summed E-state index contributed by atoms with van der Waals surface area (Å²) in [6.07, 6.45) is 2.44. The highest BCUT2D eigenvalue weighted by Gasteiger charge is 2.23. The number of nitrogens with zero attached hydrogens (tertiary/aromatic N) is 3. The number of hydrogen-bond donors (Lipinski definition) is 1. The van der Waals surface area contributed by atoms with Gasteiger partial charge in [0.25, 0.3) is 5.56 Å². The van der Waals surface area contributed by atoms with Crippen molar-refractivity contribution in [3.05, 3.63) is 92.3 Å². The van der Waals surface area contributed by atoms with Gasteiger partial charge in [0.1, 0.15) is 5.75 Å². The summed E-state index contributed by atoms with van der Waals surface area (Å²) in [6.45, 7) is 1.97. The lowest BCUT2D eigenvalue weighted by molar-refractivity contribution is 0.238. The first-order chi connectivity index (χ1) is 15.2. The van der Waals surface area contributed by atoms with Crippen molar-refractivity contribution in [1.29, 1.82) is 0 Å². The molecule has 0 atom stereocenters. The van der Waals surface area contributed by atoms with E-state index in [-0.39, 0.29) is 5.56 Å². The Labute approximate surface area is 188 Å². The average molecular weight is 451 g/mol. The van der Waals surface area contributed by atoms with Gasteiger partial charge in [-0.05, 0) is 41.8 Å². The summed E-state index contributed by atoms with van der Waals surface area (Å²) in [5.74, 6) is 1.88. The number of benzene rings is 1. The maximum Gasteiger partial charge on any atom is 0.255 e. The van der Waals surface area contributed by atoms with Crippen molar-refractivity contribution in [2.24, 2.45) is 0 Å². The smallest absolute Gasteiger partial charge is 0.255 e. The standard InChI is InChI=1S/C23H19ClN4O2S/c24-16-5-7-17(8-6-16)30-23-15(3-1-10-25-23)13-28-11-9-19-18(14-28)22(29)27-21(26-19)20-4-2-12-31-20/h1-8,10,12H,9,11,13-14H2,(H,26,27,29). The zero-order chi connectivity index (χ0) is 21.2. The number of fused-ring (bicyclic) bond motifs is 1. The van der Waals surface area contributed by atoms with Gasteiger partial charge < -0.3 is 9.72 Å². The van der Waals surface area contributed by atoms with Crippen LogP contribution in [0.3, 0.4) is 0 Å². The number of hydrogen-bond acceptors (Lipinski definition) is 6. The summed E-state index contributed by atoms with van der Waals surface area (Å²) < 4.78 is 5.98. The highest BCUT2D eigenvalue weighted by Crippen LogP contribution is 2.27. The molecule has 4 aromatic rings. The molecule has 5 rings (SSSR count). The highest BCUT2D eigenvalue weighted by molar-refractivity contribution is 7.13. The lowest BCUT2D eigenvalue weighted by Gasteiger charge is -2.28. The fourth-order valence-electron chi connectivity index (χ4n) is 3.64. The van der Waals surface area contributed by atoms with Gasteiger partial charge >= 0.3 is 0 Å². The van der Waals surface area contributed by atoms with Crippen LogP contribution >= 0.6 is 22.9 Å². The largest absolute Gasteiger partial charge is 0.439 e. The molecule has 3 aromatic heterocycles. The zero-order valence-corrected chi connectivity index (χ0v) is 18.1. The Balaban J connectivity index is 1.35. The summed E-state index contributed by atoms with van der Waals surface area (Å²) in [5.41, 5.74) is 2.50. The SMILES string of the molecule is O=c1[nH]c(-c2cccs2)nc2c1CN(Cc1cccnc1Oc1ccc(Cl)cc1)CC2. The summed E-state index contributed by atoms with van der Waals surface area (Å²) in [5, 5.41) is 2.63. The molecule has 0 saturated heterocycles. The highest BCUT2D eigenvalue weighted by atomic mass is 35.5. The third kappa shape index (κ3) is 4.39. The van der Waals surface area contributed by atoms with Crippen molar-refractivity contribution in [3.8, 4) is 22.3 Å². The molecule has 0 bridgehead atoms. The van der Waals surface area contributed by atoms with E-state index in [1.807, 2.05) is 41.8 Å². The Kier molecular flexibility index (Phi) is 5.55. The third-order valence-corrected chi connectivity index (χ3v) is 6.30. The van der Waals surface area contributed by atoms with Crippen molar-refractivity contribution in [2.45, 2.75) is 19.5 Å². The third-order valence-electron chi connectivity index (χ3n) is 5.17. The van der Waals surface area contributed by atoms with Crippen molar-refractivity contribution in [1.82, 2.24) is 19.9 Å². The summed E-state index contributed by atoms with van der Waals surface area (Å²) in [7, 11) is 0. The van der Waals surface area contributed by atoms with Crippen LogP contribution in [0.4, 0.5) is 0 Å². The van der Waals surface area contributed by atoms with Crippen molar-refractivity contribution in [3.63, 3.8) is 0 Å². The molecule has 1 N–H and O–H groups in total. The van der Waals surface area contributed by atoms with E-state index in [0.29, 0.717) is 35.6 Å². The molecule has 0 saturated carbocycles. The Morgan fingerprint density at radius 3 is 2.84 bits per heavy atom. The average Bonchev–Trinajstić information content (AvgIpc) is 3.32. The number of halogens is 1. The molecule has 0 amide bonds. The quantitative estimate of drug-likeness (QED) is 0.468. The number of nitrogens with one attached hydrogen (secondary N) is 1. The van der Waals surface area contributed by atoms with Gasteiger partial charge in [-0.2, -0.15) is 0 Å². The lowest BCUT2D eigenvalue weighted by Crippen LogP contribution is -2.35. The van der Waals surface area contributed by atoms with E-state index in [1.165, 1.54) is 0 Å². The first-order valence-electron chi connectivity index (χ1n) is 9.91. The molecule has 4 heterocycles. The van der Waals surface area contributed by atoms with Crippen LogP contribution in [-0.2, 0) is 19.5 Å². The molecule has 0 spiro atoms. The molecule has 0 unspecified atom stereocenters. The van der Waals surface area contributed by atoms with E-state index in [1.54, 1.807) is 29.7 Å². The molecule has 0 radical (unpaired) electrons. The van der Waals surface area contributed by atoms with Gasteiger partial charge in [0, 0.05) is 42.8 Å². The summed E-state index contributed by atoms with van der Waals surface area (Å²) >= 11 is 7.53. The maximum absolute atomic E-state index is 12.7. The minimum Gasteiger partial charge on any atom is -0.439 e. The second-order valence-corrected chi connectivity index (χ2v) is 8.69. The van der Waals surface area contributed by atoms with Crippen LogP contribution in [0.15, 0.2) is 64.9 Å². The Morgan fingerprint density at radius 1 is 1.16 bits per heavy atom. The number of aromatic nitrogens is 3. The van der Waals surface area contributed by atoms with Gasteiger partial charge in [0.15, 0.2) is 5.82 Å². The number of thiophene rings is 1. The lowest BCUT2D eigenvalue weighted by atomic mass is 10.1. The van der Waals surface area contributed by atoms with Crippen LogP contribution in [0, 0.1) is 0 Å². The van der Waals surface area contributed by atoms with E-state index < -0.39 is 0 Å². The summed E-state index contributed by atoms with van der Waals surface area (Å²) in [4.78, 5) is 28.0. The van der Waals surface area contributed by atoms with Crippen LogP contribution in [0.1, 0.15) is 16.8 Å². The predicted molar refractivity (Wildman–Crippen MR) is 122 cm³/mol. The number of rotatable bonds is 5. The zero-order valence-electron chi connectivity index (χ0n) is 16.5. The van der Waals surface area contributed by atoms with Crippen LogP contribution in [0.2, 0.25) is 5.02 Å². The van der Waals surface area contributed by atoms with Gasteiger partial charge in [-0.15, -0.1) is 11.3 Å². The summed E-state index contributed by atoms with van der Waals surface area (Å²) in [6, 6.07) is 15.0. The molecule has 8 heteroatoms. The molecule has 6 nitrogen and oxygen atoms in total. The molecule has 0 fully saturated rings. The number of ether oxygens (including phenoxy) is 1. The number of H-pyrrole nitrogens is 1. The number of aromatic amines is 1. The van der Waals surface area contributed by atoms with E-state index in [2.05, 4.69) is 14.9 Å².